The molecule has 6 heteroatoms. The lowest BCUT2D eigenvalue weighted by Gasteiger charge is -2.19. The van der Waals surface area contributed by atoms with Gasteiger partial charge in [-0.2, -0.15) is 0 Å². The first kappa shape index (κ1) is 18.6. The molecular weight excluding hydrogens is 345 g/mol. The van der Waals surface area contributed by atoms with Gasteiger partial charge in [-0.3, -0.25) is 4.79 Å². The Balaban J connectivity index is 2.01. The van der Waals surface area contributed by atoms with Crippen molar-refractivity contribution in [2.75, 3.05) is 13.6 Å². The Morgan fingerprint density at radius 2 is 2.11 bits per heavy atom. The van der Waals surface area contributed by atoms with Crippen molar-refractivity contribution in [1.29, 1.82) is 0 Å². The van der Waals surface area contributed by atoms with Gasteiger partial charge in [-0.05, 0) is 42.8 Å². The van der Waals surface area contributed by atoms with Gasteiger partial charge in [0.1, 0.15) is 11.5 Å². The third-order valence-electron chi connectivity index (χ3n) is 4.58. The summed E-state index contributed by atoms with van der Waals surface area (Å²) in [5.41, 5.74) is 6.70. The Bertz CT molecular complexity index is 1010. The van der Waals surface area contributed by atoms with Gasteiger partial charge in [-0.1, -0.05) is 18.4 Å². The van der Waals surface area contributed by atoms with Crippen LogP contribution in [0, 0.1) is 24.6 Å². The number of likely N-dealkylation sites (tertiary alicyclic amines) is 1. The summed E-state index contributed by atoms with van der Waals surface area (Å²) in [6.07, 6.45) is 0.443. The molecule has 1 aromatic heterocycles. The summed E-state index contributed by atoms with van der Waals surface area (Å²) in [4.78, 5) is 17.5. The number of nitrogens with two attached hydrogens (primary N) is 1. The van der Waals surface area contributed by atoms with Crippen molar-refractivity contribution in [3.8, 4) is 23.1 Å². The molecule has 0 aliphatic carbocycles. The van der Waals surface area contributed by atoms with Crippen LogP contribution in [-0.2, 0) is 0 Å². The molecule has 1 aliphatic rings. The Hall–Kier alpha value is -3.17. The highest BCUT2D eigenvalue weighted by atomic mass is 19.1. The predicted molar refractivity (Wildman–Crippen MR) is 101 cm³/mol. The van der Waals surface area contributed by atoms with Crippen molar-refractivity contribution >= 4 is 5.91 Å². The standard InChI is InChI=1S/C21H20FN3O2/c1-13-8-18(24-19(9-13)20(23)26)16-10-15(11-17(22)12-16)4-5-21(27)6-7-25(3)14(21)2/h8-12,27H,2,6-7H2,1,3H3,(H2,23,26)/t21-/m0/s1. The van der Waals surface area contributed by atoms with E-state index in [1.807, 2.05) is 11.9 Å². The highest BCUT2D eigenvalue weighted by molar-refractivity contribution is 5.91. The first-order chi connectivity index (χ1) is 12.7. The van der Waals surface area contributed by atoms with E-state index in [-0.39, 0.29) is 5.69 Å². The maximum absolute atomic E-state index is 14.1. The number of aliphatic hydroxyl groups is 1. The van der Waals surface area contributed by atoms with Gasteiger partial charge in [0.2, 0.25) is 0 Å². The summed E-state index contributed by atoms with van der Waals surface area (Å²) >= 11 is 0. The maximum atomic E-state index is 14.1. The number of aromatic nitrogens is 1. The van der Waals surface area contributed by atoms with Gasteiger partial charge in [0, 0.05) is 31.1 Å². The number of pyridine rings is 1. The lowest BCUT2D eigenvalue weighted by molar-refractivity contribution is 0.0995. The van der Waals surface area contributed by atoms with Crippen molar-refractivity contribution < 1.29 is 14.3 Å². The number of nitrogens with zero attached hydrogens (tertiary/aromatic N) is 2. The molecule has 5 nitrogen and oxygen atoms in total. The third kappa shape index (κ3) is 3.83. The van der Waals surface area contributed by atoms with E-state index in [9.17, 15) is 14.3 Å². The second-order valence-electron chi connectivity index (χ2n) is 6.74. The van der Waals surface area contributed by atoms with Crippen LogP contribution in [0.4, 0.5) is 4.39 Å². The summed E-state index contributed by atoms with van der Waals surface area (Å²) in [6.45, 7) is 6.32. The summed E-state index contributed by atoms with van der Waals surface area (Å²) < 4.78 is 14.1. The monoisotopic (exact) mass is 365 g/mol. The minimum atomic E-state index is -1.32. The number of hydrogen-bond donors (Lipinski definition) is 2. The van der Waals surface area contributed by atoms with Crippen LogP contribution >= 0.6 is 0 Å². The average Bonchev–Trinajstić information content (AvgIpc) is 2.87. The second kappa shape index (κ2) is 6.86. The SMILES string of the molecule is C=C1N(C)CC[C@@]1(O)C#Cc1cc(F)cc(-c2cc(C)cc(C(N)=O)n2)c1. The number of aryl methyl sites for hydroxylation is 1. The van der Waals surface area contributed by atoms with E-state index in [4.69, 9.17) is 5.73 Å². The smallest absolute Gasteiger partial charge is 0.267 e. The number of carbonyl (C=O) groups is 1. The molecule has 1 aliphatic heterocycles. The number of rotatable bonds is 2. The topological polar surface area (TPSA) is 79.5 Å². The number of amides is 1. The zero-order valence-corrected chi connectivity index (χ0v) is 15.2. The van der Waals surface area contributed by atoms with Gasteiger partial charge < -0.3 is 15.7 Å². The molecule has 1 aromatic carbocycles. The van der Waals surface area contributed by atoms with E-state index in [0.717, 1.165) is 5.56 Å². The Kier molecular flexibility index (Phi) is 4.73. The van der Waals surface area contributed by atoms with Gasteiger partial charge in [0.25, 0.3) is 5.91 Å². The average molecular weight is 365 g/mol. The Labute approximate surface area is 157 Å². The molecule has 27 heavy (non-hydrogen) atoms. The number of carbonyl (C=O) groups excluding carboxylic acids is 1. The molecule has 0 unspecified atom stereocenters. The van der Waals surface area contributed by atoms with Crippen LogP contribution in [0.1, 0.15) is 28.0 Å². The molecule has 3 N–H and O–H groups in total. The fourth-order valence-corrected chi connectivity index (χ4v) is 2.99. The molecular formula is C21H20FN3O2. The lowest BCUT2D eigenvalue weighted by atomic mass is 9.99. The van der Waals surface area contributed by atoms with Crippen molar-refractivity contribution in [2.45, 2.75) is 18.9 Å². The molecule has 3 rings (SSSR count). The number of halogens is 1. The first-order valence-corrected chi connectivity index (χ1v) is 8.43. The fraction of sp³-hybridized carbons (Fsp3) is 0.238. The molecule has 138 valence electrons. The largest absolute Gasteiger partial charge is 0.375 e. The highest BCUT2D eigenvalue weighted by Crippen LogP contribution is 2.29. The van der Waals surface area contributed by atoms with Gasteiger partial charge in [0.15, 0.2) is 5.60 Å². The summed E-state index contributed by atoms with van der Waals surface area (Å²) in [5.74, 6) is 4.50. The van der Waals surface area contributed by atoms with Crippen LogP contribution in [0.25, 0.3) is 11.3 Å². The van der Waals surface area contributed by atoms with Crippen LogP contribution in [0.2, 0.25) is 0 Å². The van der Waals surface area contributed by atoms with Gasteiger partial charge in [0.05, 0.1) is 11.4 Å². The quantitative estimate of drug-likeness (QED) is 0.800. The van der Waals surface area contributed by atoms with E-state index in [1.54, 1.807) is 25.1 Å². The van der Waals surface area contributed by atoms with E-state index >= 15 is 0 Å². The molecule has 1 atom stereocenters. The number of likely N-dealkylation sites (N-methyl/N-ethyl adjacent to an activating group) is 1. The van der Waals surface area contributed by atoms with Crippen LogP contribution in [0.5, 0.6) is 0 Å². The van der Waals surface area contributed by atoms with Gasteiger partial charge >= 0.3 is 0 Å². The summed E-state index contributed by atoms with van der Waals surface area (Å²) in [6, 6.07) is 7.57. The zero-order valence-electron chi connectivity index (χ0n) is 15.2. The van der Waals surface area contributed by atoms with Crippen molar-refractivity contribution in [3.63, 3.8) is 0 Å². The van der Waals surface area contributed by atoms with Crippen LogP contribution in [0.15, 0.2) is 42.6 Å². The highest BCUT2D eigenvalue weighted by Gasteiger charge is 2.36. The Morgan fingerprint density at radius 3 is 2.74 bits per heavy atom. The molecule has 2 heterocycles. The van der Waals surface area contributed by atoms with Crippen molar-refractivity contribution in [1.82, 2.24) is 9.88 Å². The summed E-state index contributed by atoms with van der Waals surface area (Å²) in [7, 11) is 1.84. The molecule has 0 bridgehead atoms. The van der Waals surface area contributed by atoms with Gasteiger partial charge in [-0.25, -0.2) is 9.37 Å². The molecule has 0 spiro atoms. The van der Waals surface area contributed by atoms with E-state index in [1.165, 1.54) is 12.1 Å². The van der Waals surface area contributed by atoms with Crippen molar-refractivity contribution in [3.05, 3.63) is 65.2 Å². The number of primary amides is 1. The second-order valence-corrected chi connectivity index (χ2v) is 6.74. The number of hydrogen-bond acceptors (Lipinski definition) is 4. The normalized spacial score (nSPS) is 19.0. The predicted octanol–water partition coefficient (Wildman–Crippen LogP) is 2.23. The minimum Gasteiger partial charge on any atom is -0.375 e. The lowest BCUT2D eigenvalue weighted by Crippen LogP contribution is -2.26. The van der Waals surface area contributed by atoms with Gasteiger partial charge in [-0.15, -0.1) is 0 Å². The zero-order chi connectivity index (χ0) is 19.8. The molecule has 0 radical (unpaired) electrons. The minimum absolute atomic E-state index is 0.112. The van der Waals surface area contributed by atoms with E-state index in [0.29, 0.717) is 35.5 Å². The molecule has 0 saturated carbocycles. The maximum Gasteiger partial charge on any atom is 0.267 e. The van der Waals surface area contributed by atoms with E-state index < -0.39 is 17.3 Å². The molecule has 1 saturated heterocycles. The van der Waals surface area contributed by atoms with Crippen molar-refractivity contribution in [2.24, 2.45) is 5.73 Å². The molecule has 1 fully saturated rings. The Morgan fingerprint density at radius 1 is 1.37 bits per heavy atom. The summed E-state index contributed by atoms with van der Waals surface area (Å²) in [5, 5.41) is 10.6. The third-order valence-corrected chi connectivity index (χ3v) is 4.58. The molecule has 2 aromatic rings. The number of benzene rings is 1. The molecule has 1 amide bonds. The fourth-order valence-electron chi connectivity index (χ4n) is 2.99. The van der Waals surface area contributed by atoms with Crippen LogP contribution in [-0.4, -0.2) is 40.1 Å². The van der Waals surface area contributed by atoms with E-state index in [2.05, 4.69) is 23.4 Å². The van der Waals surface area contributed by atoms with Crippen LogP contribution in [0.3, 0.4) is 0 Å². The first-order valence-electron chi connectivity index (χ1n) is 8.43. The van der Waals surface area contributed by atoms with Crippen LogP contribution < -0.4 is 5.73 Å².